The molecule has 0 spiro atoms. The molecule has 0 amide bonds. The van der Waals surface area contributed by atoms with Gasteiger partial charge in [-0.3, -0.25) is 0 Å². The van der Waals surface area contributed by atoms with Gasteiger partial charge in [0.2, 0.25) is 0 Å². The smallest absolute Gasteiger partial charge is 1.00 e. The Morgan fingerprint density at radius 3 is 1.57 bits per heavy atom. The third kappa shape index (κ3) is 60.8. The predicted octanol–water partition coefficient (Wildman–Crippen LogP) is -7.24. The Labute approximate surface area is 113 Å². The first kappa shape index (κ1) is 22.8. The van der Waals surface area contributed by atoms with Crippen molar-refractivity contribution in [1.29, 1.82) is 0 Å². The maximum absolute atomic E-state index is 8.89. The molecule has 0 aliphatic heterocycles. The van der Waals surface area contributed by atoms with Crippen molar-refractivity contribution in [3.8, 4) is 0 Å². The van der Waals surface area contributed by atoms with Crippen LogP contribution in [0.3, 0.4) is 0 Å². The van der Waals surface area contributed by atoms with E-state index < -0.39 is 5.97 Å². The Kier molecular flexibility index (Phi) is 51.3. The van der Waals surface area contributed by atoms with Gasteiger partial charge in [0, 0.05) is 5.97 Å². The fraction of sp³-hybridized carbons (Fsp3) is 0.500. The fourth-order valence-corrected chi connectivity index (χ4v) is 0. The van der Waals surface area contributed by atoms with Crippen molar-refractivity contribution >= 4 is 5.97 Å². The quantitative estimate of drug-likeness (QED) is 0.328. The normalized spacial score (nSPS) is 3.57. The first-order valence-corrected chi connectivity index (χ1v) is 0.908. The summed E-state index contributed by atoms with van der Waals surface area (Å²) in [5.74, 6) is -1.08. The van der Waals surface area contributed by atoms with Crippen molar-refractivity contribution in [3.63, 3.8) is 0 Å². The van der Waals surface area contributed by atoms with Crippen LogP contribution in [0.1, 0.15) is 6.92 Å². The number of rotatable bonds is 0. The van der Waals surface area contributed by atoms with Gasteiger partial charge in [-0.05, 0) is 6.92 Å². The maximum atomic E-state index is 8.89. The molecule has 0 saturated carbocycles. The molecule has 0 fully saturated rings. The van der Waals surface area contributed by atoms with Crippen LogP contribution in [0.25, 0.3) is 0 Å². The molecule has 1 radical (unpaired) electrons. The van der Waals surface area contributed by atoms with Gasteiger partial charge in [-0.25, -0.2) is 0 Å². The molecule has 0 aliphatic rings. The van der Waals surface area contributed by atoms with Crippen LogP contribution in [0.2, 0.25) is 0 Å². The molecule has 0 aliphatic carbocycles. The van der Waals surface area contributed by atoms with E-state index in [0.29, 0.717) is 0 Å². The standard InChI is InChI=1S/C2H4O2.Cu.HI.K/c1-2(3)4;;;/h1H3,(H,3,4);;1H;/q;+2;;+1/p-2. The Morgan fingerprint density at radius 2 is 1.57 bits per heavy atom. The summed E-state index contributed by atoms with van der Waals surface area (Å²) in [7, 11) is 0. The van der Waals surface area contributed by atoms with Crippen molar-refractivity contribution < 1.29 is 102 Å². The number of halogens is 1. The molecule has 0 aromatic rings. The second kappa shape index (κ2) is 15.8. The van der Waals surface area contributed by atoms with E-state index in [-0.39, 0.29) is 92.4 Å². The van der Waals surface area contributed by atoms with Gasteiger partial charge in [-0.2, -0.15) is 0 Å². The summed E-state index contributed by atoms with van der Waals surface area (Å²) in [5, 5.41) is 8.89. The summed E-state index contributed by atoms with van der Waals surface area (Å²) in [6.45, 7) is 0.972. The number of hydrogen-bond acceptors (Lipinski definition) is 2. The van der Waals surface area contributed by atoms with E-state index in [9.17, 15) is 0 Å². The first-order valence-electron chi connectivity index (χ1n) is 0.908. The monoisotopic (exact) mass is 288 g/mol. The number of carboxylic acids is 1. The predicted molar refractivity (Wildman–Crippen MR) is 10.7 cm³/mol. The van der Waals surface area contributed by atoms with E-state index in [1.165, 1.54) is 0 Å². The van der Waals surface area contributed by atoms with Crippen molar-refractivity contribution in [2.24, 2.45) is 0 Å². The van der Waals surface area contributed by atoms with Crippen molar-refractivity contribution in [2.45, 2.75) is 6.92 Å². The van der Waals surface area contributed by atoms with Crippen molar-refractivity contribution in [2.75, 3.05) is 0 Å². The zero-order valence-electron chi connectivity index (χ0n) is 4.00. The summed E-state index contributed by atoms with van der Waals surface area (Å²) >= 11 is 0. The van der Waals surface area contributed by atoms with Crippen LogP contribution in [0.5, 0.6) is 0 Å². The van der Waals surface area contributed by atoms with Gasteiger partial charge in [0.25, 0.3) is 0 Å². The average molecular weight is 289 g/mol. The summed E-state index contributed by atoms with van der Waals surface area (Å²) in [6.07, 6.45) is 0. The van der Waals surface area contributed by atoms with Crippen molar-refractivity contribution in [1.82, 2.24) is 0 Å². The fourth-order valence-electron chi connectivity index (χ4n) is 0. The minimum Gasteiger partial charge on any atom is -1.00 e. The topological polar surface area (TPSA) is 40.1 Å². The van der Waals surface area contributed by atoms with E-state index in [0.717, 1.165) is 6.92 Å². The van der Waals surface area contributed by atoms with Crippen LogP contribution in [0.15, 0.2) is 0 Å². The Hall–Kier alpha value is 2.36. The molecule has 0 bridgehead atoms. The van der Waals surface area contributed by atoms with Crippen LogP contribution < -0.4 is 80.5 Å². The van der Waals surface area contributed by atoms with E-state index >= 15 is 0 Å². The molecule has 0 aromatic carbocycles. The van der Waals surface area contributed by atoms with Crippen molar-refractivity contribution in [3.05, 3.63) is 0 Å². The Balaban J connectivity index is -0.0000000150. The third-order valence-electron chi connectivity index (χ3n) is 0. The third-order valence-corrected chi connectivity index (χ3v) is 0. The number of aliphatic carboxylic acids is 1. The summed E-state index contributed by atoms with van der Waals surface area (Å²) < 4.78 is 0. The second-order valence-corrected chi connectivity index (χ2v) is 0.492. The maximum Gasteiger partial charge on any atom is 2.00 e. The van der Waals surface area contributed by atoms with Gasteiger partial charge in [0.05, 0.1) is 0 Å². The molecule has 5 heteroatoms. The Bertz CT molecular complexity index is 38.7. The van der Waals surface area contributed by atoms with E-state index in [2.05, 4.69) is 0 Å². The Morgan fingerprint density at radius 1 is 1.57 bits per heavy atom. The summed E-state index contributed by atoms with van der Waals surface area (Å²) in [4.78, 5) is 8.89. The minimum atomic E-state index is -1.08. The summed E-state index contributed by atoms with van der Waals surface area (Å²) in [6, 6.07) is 0. The largest absolute Gasteiger partial charge is 2.00 e. The van der Waals surface area contributed by atoms with Gasteiger partial charge in [0.15, 0.2) is 0 Å². The molecule has 41 valence electrons. The molecule has 0 saturated heterocycles. The van der Waals surface area contributed by atoms with Crippen LogP contribution in [0.4, 0.5) is 0 Å². The second-order valence-electron chi connectivity index (χ2n) is 0.492. The molecule has 0 N–H and O–H groups in total. The van der Waals surface area contributed by atoms with E-state index in [1.54, 1.807) is 0 Å². The number of hydrogen-bond donors (Lipinski definition) is 0. The van der Waals surface area contributed by atoms with E-state index in [1.807, 2.05) is 0 Å². The molecular formula is C2H3CuIKO2+. The van der Waals surface area contributed by atoms with Crippen LogP contribution in [0, 0.1) is 0 Å². The molecule has 0 unspecified atom stereocenters. The molecular weight excluding hydrogens is 286 g/mol. The van der Waals surface area contributed by atoms with Gasteiger partial charge >= 0.3 is 68.5 Å². The first-order chi connectivity index (χ1) is 1.73. The molecule has 0 heterocycles. The number of carbonyl (C=O) groups is 1. The van der Waals surface area contributed by atoms with Gasteiger partial charge in [-0.1, -0.05) is 0 Å². The molecule has 0 atom stereocenters. The molecule has 2 nitrogen and oxygen atoms in total. The zero-order chi connectivity index (χ0) is 3.58. The zero-order valence-corrected chi connectivity index (χ0v) is 10.2. The van der Waals surface area contributed by atoms with Gasteiger partial charge in [0.1, 0.15) is 0 Å². The molecule has 7 heavy (non-hydrogen) atoms. The average Bonchev–Trinajstić information content (AvgIpc) is 0.811. The SMILES string of the molecule is CC(=O)[O-].[Cu+2].[I-].[K+]. The molecule has 0 aromatic heterocycles. The van der Waals surface area contributed by atoms with Gasteiger partial charge in [-0.15, -0.1) is 0 Å². The van der Waals surface area contributed by atoms with Crippen LogP contribution in [-0.4, -0.2) is 5.97 Å². The minimum absolute atomic E-state index is 0. The molecule has 0 rings (SSSR count). The van der Waals surface area contributed by atoms with Crippen LogP contribution >= 0.6 is 0 Å². The number of carboxylic acid groups (broad SMARTS) is 1. The van der Waals surface area contributed by atoms with Crippen LogP contribution in [-0.2, 0) is 21.9 Å². The number of carbonyl (C=O) groups excluding carboxylic acids is 1. The van der Waals surface area contributed by atoms with E-state index in [4.69, 9.17) is 9.90 Å². The van der Waals surface area contributed by atoms with Gasteiger partial charge < -0.3 is 33.9 Å². The summed E-state index contributed by atoms with van der Waals surface area (Å²) in [5.41, 5.74) is 0.